The molecule has 1 amide bonds. The van der Waals surface area contributed by atoms with Crippen molar-refractivity contribution in [3.63, 3.8) is 0 Å². The number of morpholine rings is 1. The molecule has 1 fully saturated rings. The van der Waals surface area contributed by atoms with Gasteiger partial charge in [0.05, 0.1) is 6.54 Å². The molecule has 0 saturated carbocycles. The Morgan fingerprint density at radius 3 is 2.36 bits per heavy atom. The zero-order valence-electron chi connectivity index (χ0n) is 13.3. The number of alkyl halides is 2. The number of benzene rings is 1. The molecule has 4 nitrogen and oxygen atoms in total. The zero-order chi connectivity index (χ0) is 16.7. The number of anilines is 1. The number of nitrogen functional groups attached to an aromatic ring is 1. The molecule has 2 rings (SSSR count). The van der Waals surface area contributed by atoms with Crippen LogP contribution in [0.2, 0.25) is 0 Å². The van der Waals surface area contributed by atoms with E-state index >= 15 is 0 Å². The van der Waals surface area contributed by atoms with Crippen LogP contribution in [0.1, 0.15) is 31.9 Å². The number of halogens is 2. The lowest BCUT2D eigenvalue weighted by molar-refractivity contribution is -0.182. The molecule has 0 spiro atoms. The van der Waals surface area contributed by atoms with Crippen LogP contribution in [0.4, 0.5) is 14.5 Å². The Balaban J connectivity index is 2.37. The molecule has 2 N–H and O–H groups in total. The van der Waals surface area contributed by atoms with Crippen molar-refractivity contribution in [2.45, 2.75) is 38.2 Å². The van der Waals surface area contributed by atoms with Crippen LogP contribution in [-0.4, -0.2) is 37.1 Å². The van der Waals surface area contributed by atoms with E-state index in [1.165, 1.54) is 24.1 Å². The minimum Gasteiger partial charge on any atom is -0.399 e. The summed E-state index contributed by atoms with van der Waals surface area (Å²) in [6.45, 7) is 5.34. The van der Waals surface area contributed by atoms with Gasteiger partial charge in [-0.1, -0.05) is 20.8 Å². The van der Waals surface area contributed by atoms with Crippen LogP contribution < -0.4 is 5.73 Å². The monoisotopic (exact) mass is 312 g/mol. The summed E-state index contributed by atoms with van der Waals surface area (Å²) in [5.41, 5.74) is 6.36. The summed E-state index contributed by atoms with van der Waals surface area (Å²) in [7, 11) is 1.49. The first-order chi connectivity index (χ1) is 10.0. The lowest BCUT2D eigenvalue weighted by Crippen LogP contribution is -2.50. The third-order valence-corrected chi connectivity index (χ3v) is 3.88. The lowest BCUT2D eigenvalue weighted by Gasteiger charge is -2.35. The molecule has 1 aromatic rings. The molecule has 0 bridgehead atoms. The third kappa shape index (κ3) is 3.21. The second-order valence-electron chi connectivity index (χ2n) is 6.79. The maximum atomic E-state index is 14.8. The minimum absolute atomic E-state index is 0.147. The van der Waals surface area contributed by atoms with Crippen LogP contribution in [-0.2, 0) is 20.9 Å². The fraction of sp³-hybridized carbons (Fsp3) is 0.562. The summed E-state index contributed by atoms with van der Waals surface area (Å²) >= 11 is 0. The number of likely N-dealkylation sites (N-methyl/N-ethyl adjacent to an activating group) is 1. The van der Waals surface area contributed by atoms with Crippen LogP contribution in [0, 0.1) is 0 Å². The second kappa shape index (κ2) is 5.50. The Kier molecular flexibility index (Phi) is 4.17. The summed E-state index contributed by atoms with van der Waals surface area (Å²) < 4.78 is 34.6. The van der Waals surface area contributed by atoms with Gasteiger partial charge >= 0.3 is 5.92 Å². The molecule has 1 atom stereocenters. The fourth-order valence-corrected chi connectivity index (χ4v) is 2.37. The summed E-state index contributed by atoms with van der Waals surface area (Å²) in [4.78, 5) is 12.6. The Bertz CT molecular complexity index is 582. The van der Waals surface area contributed by atoms with Crippen molar-refractivity contribution >= 4 is 11.6 Å². The molecular formula is C16H22F2N2O2. The summed E-state index contributed by atoms with van der Waals surface area (Å²) in [5, 5.41) is 0. The molecule has 1 aliphatic rings. The number of nitrogens with zero attached hydrogens (tertiary/aromatic N) is 1. The third-order valence-electron chi connectivity index (χ3n) is 3.88. The van der Waals surface area contributed by atoms with Crippen molar-refractivity contribution in [2.24, 2.45) is 0 Å². The topological polar surface area (TPSA) is 55.6 Å². The summed E-state index contributed by atoms with van der Waals surface area (Å²) in [6, 6.07) is 4.45. The normalized spacial score (nSPS) is 20.4. The van der Waals surface area contributed by atoms with Gasteiger partial charge in [-0.05, 0) is 29.2 Å². The van der Waals surface area contributed by atoms with Gasteiger partial charge in [0.25, 0.3) is 0 Å². The van der Waals surface area contributed by atoms with E-state index in [-0.39, 0.29) is 30.0 Å². The van der Waals surface area contributed by atoms with E-state index in [0.29, 0.717) is 5.69 Å². The number of hydrogen-bond acceptors (Lipinski definition) is 3. The Morgan fingerprint density at radius 2 is 1.82 bits per heavy atom. The first-order valence-electron chi connectivity index (χ1n) is 7.16. The first-order valence-corrected chi connectivity index (χ1v) is 7.16. The Morgan fingerprint density at radius 1 is 1.23 bits per heavy atom. The highest BCUT2D eigenvalue weighted by Crippen LogP contribution is 2.38. The van der Waals surface area contributed by atoms with E-state index < -0.39 is 12.0 Å². The molecule has 6 heteroatoms. The molecule has 0 aromatic heterocycles. The van der Waals surface area contributed by atoms with Crippen molar-refractivity contribution in [1.82, 2.24) is 4.90 Å². The zero-order valence-corrected chi connectivity index (χ0v) is 13.3. The molecule has 0 radical (unpaired) electrons. The molecule has 0 aliphatic carbocycles. The van der Waals surface area contributed by atoms with Crippen molar-refractivity contribution in [2.75, 3.05) is 25.9 Å². The van der Waals surface area contributed by atoms with E-state index in [9.17, 15) is 13.6 Å². The quantitative estimate of drug-likeness (QED) is 0.854. The van der Waals surface area contributed by atoms with E-state index in [2.05, 4.69) is 0 Å². The molecule has 1 aromatic carbocycles. The number of nitrogens with two attached hydrogens (primary N) is 1. The van der Waals surface area contributed by atoms with Gasteiger partial charge in [-0.25, -0.2) is 0 Å². The van der Waals surface area contributed by atoms with Gasteiger partial charge < -0.3 is 15.4 Å². The van der Waals surface area contributed by atoms with Gasteiger partial charge in [-0.15, -0.1) is 0 Å². The predicted molar refractivity (Wildman–Crippen MR) is 80.8 cm³/mol. The maximum absolute atomic E-state index is 14.8. The minimum atomic E-state index is -3.22. The van der Waals surface area contributed by atoms with Crippen LogP contribution in [0.25, 0.3) is 0 Å². The second-order valence-corrected chi connectivity index (χ2v) is 6.79. The average Bonchev–Trinajstić information content (AvgIpc) is 2.40. The van der Waals surface area contributed by atoms with Gasteiger partial charge in [0.2, 0.25) is 5.91 Å². The van der Waals surface area contributed by atoms with E-state index in [0.717, 1.165) is 5.56 Å². The van der Waals surface area contributed by atoms with Crippen molar-refractivity contribution in [3.05, 3.63) is 29.3 Å². The molecule has 1 saturated heterocycles. The smallest absolute Gasteiger partial charge is 0.300 e. The SMILES string of the molecule is CN1CC(C(F)(F)c2cc(N)cc(C(C)(C)C)c2)OCC1=O. The van der Waals surface area contributed by atoms with Crippen molar-refractivity contribution in [3.8, 4) is 0 Å². The number of rotatable bonds is 2. The Hall–Kier alpha value is -1.69. The molecule has 122 valence electrons. The number of ether oxygens (including phenoxy) is 1. The van der Waals surface area contributed by atoms with E-state index in [1.807, 2.05) is 20.8 Å². The lowest BCUT2D eigenvalue weighted by atomic mass is 9.84. The van der Waals surface area contributed by atoms with Gasteiger partial charge in [-0.2, -0.15) is 8.78 Å². The highest BCUT2D eigenvalue weighted by molar-refractivity contribution is 5.77. The molecule has 22 heavy (non-hydrogen) atoms. The molecule has 1 heterocycles. The van der Waals surface area contributed by atoms with Gasteiger partial charge in [0.15, 0.2) is 0 Å². The Labute approximate surface area is 129 Å². The van der Waals surface area contributed by atoms with Gasteiger partial charge in [0.1, 0.15) is 12.7 Å². The predicted octanol–water partition coefficient (Wildman–Crippen LogP) is 2.52. The summed E-state index contributed by atoms with van der Waals surface area (Å²) in [5.74, 6) is -3.51. The van der Waals surface area contributed by atoms with Crippen LogP contribution in [0.3, 0.4) is 0 Å². The number of carbonyl (C=O) groups excluding carboxylic acids is 1. The molecular weight excluding hydrogens is 290 g/mol. The van der Waals surface area contributed by atoms with Crippen molar-refractivity contribution in [1.29, 1.82) is 0 Å². The number of carbonyl (C=O) groups is 1. The standard InChI is InChI=1S/C16H22F2N2O2/c1-15(2,3)10-5-11(7-12(19)6-10)16(17,18)13-8-20(4)14(21)9-22-13/h5-7,13H,8-9,19H2,1-4H3. The largest absolute Gasteiger partial charge is 0.399 e. The first kappa shape index (κ1) is 16.7. The van der Waals surface area contributed by atoms with Crippen LogP contribution in [0.5, 0.6) is 0 Å². The van der Waals surface area contributed by atoms with E-state index in [4.69, 9.17) is 10.5 Å². The highest BCUT2D eigenvalue weighted by atomic mass is 19.3. The number of hydrogen-bond donors (Lipinski definition) is 1. The van der Waals surface area contributed by atoms with E-state index in [1.54, 1.807) is 6.07 Å². The molecule has 1 unspecified atom stereocenters. The maximum Gasteiger partial charge on any atom is 0.300 e. The number of amides is 1. The fourth-order valence-electron chi connectivity index (χ4n) is 2.37. The summed E-state index contributed by atoms with van der Waals surface area (Å²) in [6.07, 6.45) is -1.37. The van der Waals surface area contributed by atoms with Crippen LogP contribution >= 0.6 is 0 Å². The van der Waals surface area contributed by atoms with Crippen molar-refractivity contribution < 1.29 is 18.3 Å². The average molecular weight is 312 g/mol. The highest BCUT2D eigenvalue weighted by Gasteiger charge is 2.46. The molecule has 1 aliphatic heterocycles. The van der Waals surface area contributed by atoms with Gasteiger partial charge in [-0.3, -0.25) is 4.79 Å². The van der Waals surface area contributed by atoms with Gasteiger partial charge in [0, 0.05) is 18.3 Å². The van der Waals surface area contributed by atoms with Crippen LogP contribution in [0.15, 0.2) is 18.2 Å².